The molecule has 1 heterocycles. The number of benzene rings is 2. The van der Waals surface area contributed by atoms with Gasteiger partial charge in [0, 0.05) is 10.9 Å². The van der Waals surface area contributed by atoms with E-state index in [-0.39, 0.29) is 11.6 Å². The third-order valence-corrected chi connectivity index (χ3v) is 3.29. The predicted octanol–water partition coefficient (Wildman–Crippen LogP) is 3.39. The summed E-state index contributed by atoms with van der Waals surface area (Å²) in [6, 6.07) is 19.2. The second-order valence-electron chi connectivity index (χ2n) is 4.66. The molecule has 3 aromatic rings. The average Bonchev–Trinajstić information content (AvgIpc) is 2.86. The van der Waals surface area contributed by atoms with Crippen LogP contribution in [0.1, 0.15) is 11.1 Å². The summed E-state index contributed by atoms with van der Waals surface area (Å²) in [5.41, 5.74) is 2.50. The van der Waals surface area contributed by atoms with Crippen LogP contribution in [0.15, 0.2) is 59.6 Å². The molecule has 0 aliphatic rings. The van der Waals surface area contributed by atoms with Crippen LogP contribution >= 0.6 is 0 Å². The van der Waals surface area contributed by atoms with Gasteiger partial charge in [0.1, 0.15) is 11.8 Å². The Balaban J connectivity index is 2.03. The first-order chi connectivity index (χ1) is 10.3. The number of rotatable bonds is 3. The van der Waals surface area contributed by atoms with Crippen LogP contribution in [0, 0.1) is 11.3 Å². The molecule has 2 aromatic carbocycles. The van der Waals surface area contributed by atoms with E-state index in [4.69, 9.17) is 0 Å². The number of hydrogen-bond acceptors (Lipinski definition) is 3. The minimum atomic E-state index is -0.0236. The quantitative estimate of drug-likeness (QED) is 0.719. The Hall–Kier alpha value is -3.06. The fraction of sp³-hybridized carbons (Fsp3) is 0.0588. The zero-order valence-corrected chi connectivity index (χ0v) is 11.2. The van der Waals surface area contributed by atoms with Gasteiger partial charge in [-0.05, 0) is 11.6 Å². The maximum atomic E-state index is 10.0. The zero-order valence-electron chi connectivity index (χ0n) is 11.2. The number of hydrogen-bond donors (Lipinski definition) is 2. The Labute approximate surface area is 122 Å². The molecule has 0 fully saturated rings. The zero-order chi connectivity index (χ0) is 14.7. The van der Waals surface area contributed by atoms with Gasteiger partial charge in [0.25, 0.3) is 0 Å². The van der Waals surface area contributed by atoms with Crippen molar-refractivity contribution in [3.8, 4) is 11.9 Å². The molecule has 0 spiro atoms. The van der Waals surface area contributed by atoms with Crippen LogP contribution in [0.3, 0.4) is 0 Å². The highest BCUT2D eigenvalue weighted by Crippen LogP contribution is 2.27. The summed E-state index contributed by atoms with van der Waals surface area (Å²) in [5, 5.41) is 20.2. The molecule has 0 aliphatic carbocycles. The van der Waals surface area contributed by atoms with Crippen LogP contribution in [-0.4, -0.2) is 15.8 Å². The third-order valence-electron chi connectivity index (χ3n) is 3.29. The number of H-pyrrole nitrogens is 1. The number of nitrogens with one attached hydrogen (secondary N) is 1. The maximum Gasteiger partial charge on any atom is 0.199 e. The van der Waals surface area contributed by atoms with Crippen molar-refractivity contribution in [2.45, 2.75) is 6.54 Å². The molecule has 3 rings (SSSR count). The Morgan fingerprint density at radius 2 is 1.81 bits per heavy atom. The maximum absolute atomic E-state index is 10.0. The van der Waals surface area contributed by atoms with E-state index in [0.717, 1.165) is 16.5 Å². The molecule has 21 heavy (non-hydrogen) atoms. The first-order valence-corrected chi connectivity index (χ1v) is 6.58. The molecule has 0 saturated heterocycles. The van der Waals surface area contributed by atoms with Crippen molar-refractivity contribution in [1.82, 2.24) is 4.98 Å². The van der Waals surface area contributed by atoms with Crippen LogP contribution < -0.4 is 0 Å². The second kappa shape index (κ2) is 5.51. The lowest BCUT2D eigenvalue weighted by atomic mass is 10.1. The minimum Gasteiger partial charge on any atom is -0.494 e. The molecular formula is C17H13N3O. The normalized spacial score (nSPS) is 11.5. The Bertz CT molecular complexity index is 841. The first kappa shape index (κ1) is 12.9. The number of para-hydroxylation sites is 1. The van der Waals surface area contributed by atoms with Crippen molar-refractivity contribution in [1.29, 1.82) is 5.26 Å². The fourth-order valence-electron chi connectivity index (χ4n) is 2.29. The number of nitriles is 1. The lowest BCUT2D eigenvalue weighted by molar-refractivity contribution is 0.457. The molecule has 4 nitrogen and oxygen atoms in total. The van der Waals surface area contributed by atoms with E-state index < -0.39 is 0 Å². The van der Waals surface area contributed by atoms with Crippen molar-refractivity contribution < 1.29 is 5.11 Å². The molecule has 0 unspecified atom stereocenters. The lowest BCUT2D eigenvalue weighted by Crippen LogP contribution is -1.98. The highest BCUT2D eigenvalue weighted by molar-refractivity contribution is 6.20. The van der Waals surface area contributed by atoms with Crippen LogP contribution in [0.4, 0.5) is 0 Å². The van der Waals surface area contributed by atoms with Gasteiger partial charge in [-0.25, -0.2) is 0 Å². The van der Waals surface area contributed by atoms with Crippen LogP contribution in [-0.2, 0) is 6.54 Å². The molecular weight excluding hydrogens is 262 g/mol. The molecule has 2 N–H and O–H groups in total. The SMILES string of the molecule is N#CC(=NCc1ccccc1)c1c(O)[nH]c2ccccc12. The van der Waals surface area contributed by atoms with E-state index in [1.54, 1.807) is 0 Å². The van der Waals surface area contributed by atoms with Gasteiger partial charge < -0.3 is 10.1 Å². The number of aromatic nitrogens is 1. The van der Waals surface area contributed by atoms with Gasteiger partial charge in [-0.3, -0.25) is 4.99 Å². The Kier molecular flexibility index (Phi) is 3.40. The summed E-state index contributed by atoms with van der Waals surface area (Å²) in [6.45, 7) is 0.405. The smallest absolute Gasteiger partial charge is 0.199 e. The largest absolute Gasteiger partial charge is 0.494 e. The number of fused-ring (bicyclic) bond motifs is 1. The van der Waals surface area contributed by atoms with Crippen LogP contribution in [0.2, 0.25) is 0 Å². The summed E-state index contributed by atoms with van der Waals surface area (Å²) in [5.74, 6) is -0.0236. The average molecular weight is 275 g/mol. The molecule has 102 valence electrons. The van der Waals surface area contributed by atoms with Crippen LogP contribution in [0.25, 0.3) is 10.9 Å². The van der Waals surface area contributed by atoms with Gasteiger partial charge in [0.05, 0.1) is 12.1 Å². The monoisotopic (exact) mass is 275 g/mol. The molecule has 0 amide bonds. The number of aromatic hydroxyl groups is 1. The van der Waals surface area contributed by atoms with Gasteiger partial charge in [-0.1, -0.05) is 48.5 Å². The first-order valence-electron chi connectivity index (χ1n) is 6.58. The van der Waals surface area contributed by atoms with E-state index in [0.29, 0.717) is 12.1 Å². The summed E-state index contributed by atoms with van der Waals surface area (Å²) in [6.07, 6.45) is 0. The van der Waals surface area contributed by atoms with Gasteiger partial charge in [0.2, 0.25) is 0 Å². The van der Waals surface area contributed by atoms with E-state index in [9.17, 15) is 10.4 Å². The summed E-state index contributed by atoms with van der Waals surface area (Å²) in [7, 11) is 0. The number of aliphatic imine (C=N–C) groups is 1. The van der Waals surface area contributed by atoms with Crippen LogP contribution in [0.5, 0.6) is 5.88 Å². The van der Waals surface area contributed by atoms with E-state index >= 15 is 0 Å². The molecule has 0 atom stereocenters. The van der Waals surface area contributed by atoms with Gasteiger partial charge in [-0.2, -0.15) is 5.26 Å². The molecule has 0 saturated carbocycles. The van der Waals surface area contributed by atoms with Crippen molar-refractivity contribution in [3.63, 3.8) is 0 Å². The Morgan fingerprint density at radius 3 is 2.57 bits per heavy atom. The highest BCUT2D eigenvalue weighted by atomic mass is 16.3. The van der Waals surface area contributed by atoms with Crippen molar-refractivity contribution in [3.05, 3.63) is 65.7 Å². The molecule has 0 bridgehead atoms. The number of aromatic amines is 1. The van der Waals surface area contributed by atoms with Crippen molar-refractivity contribution in [2.75, 3.05) is 0 Å². The van der Waals surface area contributed by atoms with E-state index in [2.05, 4.69) is 16.0 Å². The van der Waals surface area contributed by atoms with E-state index in [1.165, 1.54) is 0 Å². The summed E-state index contributed by atoms with van der Waals surface area (Å²) in [4.78, 5) is 7.21. The minimum absolute atomic E-state index is 0.0236. The van der Waals surface area contributed by atoms with Gasteiger partial charge in [0.15, 0.2) is 5.88 Å². The second-order valence-corrected chi connectivity index (χ2v) is 4.66. The number of nitrogens with zero attached hydrogens (tertiary/aromatic N) is 2. The standard InChI is InChI=1S/C17H13N3O/c18-10-15(19-11-12-6-2-1-3-7-12)16-13-8-4-5-9-14(13)20-17(16)21/h1-9,20-21H,11H2. The lowest BCUT2D eigenvalue weighted by Gasteiger charge is -1.99. The predicted molar refractivity (Wildman–Crippen MR) is 82.3 cm³/mol. The fourth-order valence-corrected chi connectivity index (χ4v) is 2.29. The van der Waals surface area contributed by atoms with Gasteiger partial charge in [-0.15, -0.1) is 0 Å². The Morgan fingerprint density at radius 1 is 1.10 bits per heavy atom. The topological polar surface area (TPSA) is 72.2 Å². The highest BCUT2D eigenvalue weighted by Gasteiger charge is 2.15. The molecule has 0 radical (unpaired) electrons. The summed E-state index contributed by atoms with van der Waals surface area (Å²) >= 11 is 0. The third kappa shape index (κ3) is 2.49. The van der Waals surface area contributed by atoms with Gasteiger partial charge >= 0.3 is 0 Å². The summed E-state index contributed by atoms with van der Waals surface area (Å²) < 4.78 is 0. The molecule has 4 heteroatoms. The molecule has 1 aromatic heterocycles. The molecule has 0 aliphatic heterocycles. The van der Waals surface area contributed by atoms with Crippen molar-refractivity contribution in [2.24, 2.45) is 4.99 Å². The van der Waals surface area contributed by atoms with Crippen molar-refractivity contribution >= 4 is 16.6 Å². The van der Waals surface area contributed by atoms with E-state index in [1.807, 2.05) is 54.6 Å².